The van der Waals surface area contributed by atoms with E-state index in [1.54, 1.807) is 0 Å². The molecule has 0 aliphatic rings. The van der Waals surface area contributed by atoms with Gasteiger partial charge in [0.15, 0.2) is 18.9 Å². The topological polar surface area (TPSA) is 42.2 Å². The van der Waals surface area contributed by atoms with E-state index in [1.165, 1.54) is 94.6 Å². The fourth-order valence-electron chi connectivity index (χ4n) is 5.44. The number of aromatic nitrogens is 1. The lowest BCUT2D eigenvalue weighted by Crippen LogP contribution is -3.00. The summed E-state index contributed by atoms with van der Waals surface area (Å²) in [5, 5.41) is 3.15. The maximum Gasteiger partial charge on any atom is 0.228 e. The van der Waals surface area contributed by atoms with E-state index in [4.69, 9.17) is 4.74 Å². The van der Waals surface area contributed by atoms with Crippen LogP contribution in [0.4, 0.5) is 5.69 Å². The highest BCUT2D eigenvalue weighted by molar-refractivity contribution is 5.93. The smallest absolute Gasteiger partial charge is 0.228 e. The Balaban J connectivity index is 0.00000645. The quantitative estimate of drug-likeness (QED) is 0.103. The van der Waals surface area contributed by atoms with Gasteiger partial charge in [-0.05, 0) is 38.0 Å². The zero-order chi connectivity index (χ0) is 29.8. The van der Waals surface area contributed by atoms with Gasteiger partial charge in [-0.25, -0.2) is 4.57 Å². The minimum absolute atomic E-state index is 0. The second-order valence-corrected chi connectivity index (χ2v) is 11.9. The molecule has 4 nitrogen and oxygen atoms in total. The largest absolute Gasteiger partial charge is 1.00 e. The number of carbonyl (C=O) groups is 1. The first kappa shape index (κ1) is 36.5. The number of nitrogens with zero attached hydrogens (tertiary/aromatic N) is 1. The Morgan fingerprint density at radius 1 is 0.698 bits per heavy atom. The summed E-state index contributed by atoms with van der Waals surface area (Å²) in [7, 11) is 0. The number of ether oxygens (including phenoxy) is 1. The van der Waals surface area contributed by atoms with Gasteiger partial charge in [-0.1, -0.05) is 127 Å². The highest BCUT2D eigenvalue weighted by Gasteiger charge is 2.13. The van der Waals surface area contributed by atoms with Crippen molar-refractivity contribution in [3.8, 4) is 5.75 Å². The van der Waals surface area contributed by atoms with Crippen molar-refractivity contribution in [3.63, 3.8) is 0 Å². The molecule has 0 saturated heterocycles. The fraction of sp³-hybridized carbons (Fsp3) is 0.526. The highest BCUT2D eigenvalue weighted by atomic mass is 79.9. The summed E-state index contributed by atoms with van der Waals surface area (Å²) < 4.78 is 8.30. The van der Waals surface area contributed by atoms with Gasteiger partial charge in [-0.3, -0.25) is 4.79 Å². The van der Waals surface area contributed by atoms with Crippen molar-refractivity contribution in [3.05, 3.63) is 89.2 Å². The molecule has 0 fully saturated rings. The number of unbranched alkanes of at least 4 members (excludes halogenated alkanes) is 13. The number of rotatable bonds is 21. The van der Waals surface area contributed by atoms with Gasteiger partial charge in [0.1, 0.15) is 5.75 Å². The van der Waals surface area contributed by atoms with Gasteiger partial charge in [0.05, 0.1) is 18.7 Å². The van der Waals surface area contributed by atoms with Crippen molar-refractivity contribution in [2.75, 3.05) is 11.9 Å². The van der Waals surface area contributed by atoms with Crippen LogP contribution in [0, 0.1) is 13.8 Å². The molecule has 1 amide bonds. The summed E-state index contributed by atoms with van der Waals surface area (Å²) in [5.74, 6) is 0.793. The normalized spacial score (nSPS) is 10.8. The molecule has 0 bridgehead atoms. The summed E-state index contributed by atoms with van der Waals surface area (Å²) >= 11 is 0. The zero-order valence-electron chi connectivity index (χ0n) is 27.0. The number of pyridine rings is 1. The summed E-state index contributed by atoms with van der Waals surface area (Å²) in [6.45, 7) is 7.93. The van der Waals surface area contributed by atoms with Gasteiger partial charge in [0.25, 0.3) is 0 Å². The van der Waals surface area contributed by atoms with Gasteiger partial charge < -0.3 is 27.0 Å². The van der Waals surface area contributed by atoms with Crippen LogP contribution < -0.4 is 31.6 Å². The van der Waals surface area contributed by atoms with Crippen LogP contribution in [0.25, 0.3) is 0 Å². The van der Waals surface area contributed by atoms with Gasteiger partial charge in [-0.2, -0.15) is 0 Å². The number of anilines is 1. The minimum Gasteiger partial charge on any atom is -1.00 e. The molecule has 0 atom stereocenters. The SMILES string of the molecule is CCCCCCCCCCCCCCCCOc1ccccc1CC(=O)Nc1ccccc1C[n+]1ccc(C)c(C)c1.[Br-]. The van der Waals surface area contributed by atoms with Crippen LogP contribution in [-0.4, -0.2) is 12.5 Å². The lowest BCUT2D eigenvalue weighted by atomic mass is 10.0. The van der Waals surface area contributed by atoms with Crippen molar-refractivity contribution in [1.82, 2.24) is 0 Å². The summed E-state index contributed by atoms with van der Waals surface area (Å²) in [5.41, 5.74) is 5.40. The third-order valence-corrected chi connectivity index (χ3v) is 8.22. The Morgan fingerprint density at radius 3 is 1.88 bits per heavy atom. The number of aryl methyl sites for hydroxylation is 2. The Labute approximate surface area is 272 Å². The van der Waals surface area contributed by atoms with E-state index in [1.807, 2.05) is 42.5 Å². The maximum absolute atomic E-state index is 13.1. The molecule has 5 heteroatoms. The van der Waals surface area contributed by atoms with Crippen molar-refractivity contribution in [2.24, 2.45) is 0 Å². The fourth-order valence-corrected chi connectivity index (χ4v) is 5.44. The number of para-hydroxylation sites is 2. The molecule has 0 unspecified atom stereocenters. The zero-order valence-corrected chi connectivity index (χ0v) is 28.6. The first-order chi connectivity index (χ1) is 20.6. The van der Waals surface area contributed by atoms with Crippen LogP contribution >= 0.6 is 0 Å². The van der Waals surface area contributed by atoms with Crippen LogP contribution in [0.3, 0.4) is 0 Å². The Morgan fingerprint density at radius 2 is 1.26 bits per heavy atom. The average Bonchev–Trinajstić information content (AvgIpc) is 2.99. The van der Waals surface area contributed by atoms with E-state index in [-0.39, 0.29) is 22.9 Å². The van der Waals surface area contributed by atoms with Crippen LogP contribution in [0.5, 0.6) is 5.75 Å². The predicted molar refractivity (Wildman–Crippen MR) is 176 cm³/mol. The second-order valence-electron chi connectivity index (χ2n) is 11.9. The lowest BCUT2D eigenvalue weighted by molar-refractivity contribution is -0.688. The Bertz CT molecular complexity index is 1200. The van der Waals surface area contributed by atoms with Gasteiger partial charge in [0, 0.05) is 22.8 Å². The standard InChI is InChI=1S/C38H54N2O2.BrH/c1-4-5-6-7-8-9-10-11-12-13-14-15-16-21-28-42-37-25-20-18-22-34(37)29-38(41)39-36-24-19-17-23-35(36)31-40-27-26-32(2)33(3)30-40;/h17-20,22-27,30H,4-16,21,28-29,31H2,1-3H3;1H. The third-order valence-electron chi connectivity index (χ3n) is 8.22. The van der Waals surface area contributed by atoms with Crippen LogP contribution in [-0.2, 0) is 17.8 Å². The van der Waals surface area contributed by atoms with Crippen LogP contribution in [0.15, 0.2) is 67.0 Å². The summed E-state index contributed by atoms with van der Waals surface area (Å²) in [4.78, 5) is 13.1. The number of hydrogen-bond donors (Lipinski definition) is 1. The van der Waals surface area contributed by atoms with E-state index in [9.17, 15) is 4.79 Å². The van der Waals surface area contributed by atoms with E-state index in [0.717, 1.165) is 29.0 Å². The van der Waals surface area contributed by atoms with E-state index in [0.29, 0.717) is 19.6 Å². The number of nitrogens with one attached hydrogen (secondary N) is 1. The van der Waals surface area contributed by atoms with E-state index >= 15 is 0 Å². The van der Waals surface area contributed by atoms with Crippen LogP contribution in [0.2, 0.25) is 0 Å². The first-order valence-electron chi connectivity index (χ1n) is 16.6. The maximum atomic E-state index is 13.1. The third kappa shape index (κ3) is 14.6. The average molecular weight is 652 g/mol. The number of benzene rings is 2. The molecule has 0 spiro atoms. The number of amides is 1. The molecule has 1 aromatic heterocycles. The Hall–Kier alpha value is -2.66. The molecule has 0 radical (unpaired) electrons. The van der Waals surface area contributed by atoms with Crippen LogP contribution in [0.1, 0.15) is 119 Å². The molecule has 2 aromatic carbocycles. The molecule has 0 saturated carbocycles. The Kier molecular flexibility index (Phi) is 18.6. The number of hydrogen-bond acceptors (Lipinski definition) is 2. The molecule has 236 valence electrons. The van der Waals surface area contributed by atoms with Gasteiger partial charge >= 0.3 is 0 Å². The summed E-state index contributed by atoms with van der Waals surface area (Å²) in [6.07, 6.45) is 23.4. The molecule has 3 aromatic rings. The molecule has 0 aliphatic heterocycles. The van der Waals surface area contributed by atoms with E-state index < -0.39 is 0 Å². The molecule has 43 heavy (non-hydrogen) atoms. The lowest BCUT2D eigenvalue weighted by Gasteiger charge is -2.13. The molecular formula is C38H55BrN2O2. The molecule has 0 aliphatic carbocycles. The summed E-state index contributed by atoms with van der Waals surface area (Å²) in [6, 6.07) is 18.1. The number of halogens is 1. The molecular weight excluding hydrogens is 596 g/mol. The van der Waals surface area contributed by atoms with Crippen molar-refractivity contribution in [1.29, 1.82) is 0 Å². The predicted octanol–water partition coefficient (Wildman–Crippen LogP) is 6.68. The molecule has 3 rings (SSSR count). The second kappa shape index (κ2) is 21.9. The van der Waals surface area contributed by atoms with Crippen molar-refractivity contribution in [2.45, 2.75) is 124 Å². The monoisotopic (exact) mass is 650 g/mol. The van der Waals surface area contributed by atoms with E-state index in [2.05, 4.69) is 55.2 Å². The molecule has 1 heterocycles. The first-order valence-corrected chi connectivity index (χ1v) is 16.6. The van der Waals surface area contributed by atoms with Gasteiger partial charge in [0.2, 0.25) is 5.91 Å². The highest BCUT2D eigenvalue weighted by Crippen LogP contribution is 2.21. The molecule has 1 N–H and O–H groups in total. The van der Waals surface area contributed by atoms with Crippen molar-refractivity contribution >= 4 is 11.6 Å². The number of carbonyl (C=O) groups excluding carboxylic acids is 1. The van der Waals surface area contributed by atoms with Gasteiger partial charge in [-0.15, -0.1) is 0 Å². The van der Waals surface area contributed by atoms with Crippen molar-refractivity contribution < 1.29 is 31.1 Å². The minimum atomic E-state index is -0.0277.